The Hall–Kier alpha value is -1.82. The summed E-state index contributed by atoms with van der Waals surface area (Å²) in [6.45, 7) is 8.23. The van der Waals surface area contributed by atoms with Crippen molar-refractivity contribution in [3.63, 3.8) is 0 Å². The predicted molar refractivity (Wildman–Crippen MR) is 82.8 cm³/mol. The van der Waals surface area contributed by atoms with E-state index in [0.717, 1.165) is 0 Å². The fourth-order valence-corrected chi connectivity index (χ4v) is 1.41. The van der Waals surface area contributed by atoms with Gasteiger partial charge in [0.2, 0.25) is 0 Å². The highest BCUT2D eigenvalue weighted by molar-refractivity contribution is 5.14. The van der Waals surface area contributed by atoms with Crippen LogP contribution >= 0.6 is 0 Å². The van der Waals surface area contributed by atoms with E-state index >= 15 is 0 Å². The van der Waals surface area contributed by atoms with E-state index < -0.39 is 0 Å². The minimum Gasteiger partial charge on any atom is -0.106 e. The second-order valence-corrected chi connectivity index (χ2v) is 3.74. The number of rotatable bonds is 3. The highest BCUT2D eigenvalue weighted by Gasteiger charge is 1.87. The first-order valence-corrected chi connectivity index (χ1v) is 6.47. The Morgan fingerprint density at radius 1 is 0.722 bits per heavy atom. The largest absolute Gasteiger partial charge is 0.106 e. The van der Waals surface area contributed by atoms with Crippen molar-refractivity contribution in [3.05, 3.63) is 85.5 Å². The molecule has 0 aliphatic heterocycles. The van der Waals surface area contributed by atoms with Crippen molar-refractivity contribution in [3.8, 4) is 0 Å². The summed E-state index contributed by atoms with van der Waals surface area (Å²) in [4.78, 5) is 0. The maximum atomic E-state index is 3.00. The third-order valence-corrected chi connectivity index (χ3v) is 2.33. The van der Waals surface area contributed by atoms with Gasteiger partial charge < -0.3 is 0 Å². The smallest absolute Gasteiger partial charge is 0.0279 e. The first kappa shape index (κ1) is 16.2. The molecule has 0 nitrogen and oxygen atoms in total. The fourth-order valence-electron chi connectivity index (χ4n) is 1.41. The molecular formula is C18H24. The summed E-state index contributed by atoms with van der Waals surface area (Å²) in [7, 11) is 0. The second-order valence-electron chi connectivity index (χ2n) is 3.74. The molecule has 2 aromatic carbocycles. The van der Waals surface area contributed by atoms with Crippen molar-refractivity contribution in [2.45, 2.75) is 26.2 Å². The number of hydrogen-bond acceptors (Lipinski definition) is 0. The molecule has 0 bridgehead atoms. The zero-order chi connectivity index (χ0) is 13.5. The average molecular weight is 240 g/mol. The lowest BCUT2D eigenvalue weighted by Gasteiger charge is -1.96. The predicted octanol–water partition coefficient (Wildman–Crippen LogP) is 5.52. The highest BCUT2D eigenvalue weighted by Crippen LogP contribution is 2.03. The van der Waals surface area contributed by atoms with Gasteiger partial charge in [0.15, 0.2) is 0 Å². The van der Waals surface area contributed by atoms with Crippen LogP contribution in [-0.4, -0.2) is 0 Å². The normalized spacial score (nSPS) is 8.28. The molecule has 0 fully saturated rings. The van der Waals surface area contributed by atoms with Crippen molar-refractivity contribution in [2.24, 2.45) is 0 Å². The van der Waals surface area contributed by atoms with Crippen LogP contribution in [0.25, 0.3) is 0 Å². The third kappa shape index (κ3) is 9.41. The van der Waals surface area contributed by atoms with E-state index in [2.05, 4.69) is 50.4 Å². The van der Waals surface area contributed by atoms with Crippen molar-refractivity contribution >= 4 is 0 Å². The van der Waals surface area contributed by atoms with Gasteiger partial charge in [-0.25, -0.2) is 0 Å². The van der Waals surface area contributed by atoms with E-state index in [0.29, 0.717) is 0 Å². The van der Waals surface area contributed by atoms with Crippen LogP contribution in [0.3, 0.4) is 0 Å². The van der Waals surface area contributed by atoms with Crippen LogP contribution in [0.5, 0.6) is 0 Å². The number of unbranched alkanes of at least 4 members (excludes halogenated alkanes) is 1. The molecule has 0 unspecified atom stereocenters. The molecule has 0 aliphatic carbocycles. The molecule has 96 valence electrons. The maximum absolute atomic E-state index is 3.00. The van der Waals surface area contributed by atoms with Crippen LogP contribution in [0.4, 0.5) is 0 Å². The van der Waals surface area contributed by atoms with E-state index in [1.165, 1.54) is 24.8 Å². The Morgan fingerprint density at radius 3 is 1.50 bits per heavy atom. The van der Waals surface area contributed by atoms with Gasteiger partial charge in [0.1, 0.15) is 0 Å². The Morgan fingerprint density at radius 2 is 1.11 bits per heavy atom. The van der Waals surface area contributed by atoms with Gasteiger partial charge in [-0.2, -0.15) is 0 Å². The summed E-state index contributed by atoms with van der Waals surface area (Å²) in [5, 5.41) is 0. The number of benzene rings is 2. The van der Waals surface area contributed by atoms with Gasteiger partial charge in [-0.05, 0) is 18.4 Å². The Kier molecular flexibility index (Phi) is 11.9. The lowest BCUT2D eigenvalue weighted by Crippen LogP contribution is -1.81. The zero-order valence-electron chi connectivity index (χ0n) is 11.4. The molecule has 0 aromatic heterocycles. The summed E-state index contributed by atoms with van der Waals surface area (Å²) >= 11 is 0. The van der Waals surface area contributed by atoms with Crippen molar-refractivity contribution in [2.75, 3.05) is 0 Å². The van der Waals surface area contributed by atoms with Crippen molar-refractivity contribution in [1.82, 2.24) is 0 Å². The van der Waals surface area contributed by atoms with Gasteiger partial charge in [0.25, 0.3) is 0 Å². The summed E-state index contributed by atoms with van der Waals surface area (Å²) in [6.07, 6.45) is 3.83. The molecule has 0 heteroatoms. The molecule has 0 aliphatic rings. The molecule has 2 aromatic rings. The minimum absolute atomic E-state index is 1.23. The number of hydrogen-bond donors (Lipinski definition) is 0. The average Bonchev–Trinajstić information content (AvgIpc) is 2.51. The maximum Gasteiger partial charge on any atom is -0.0279 e. The second kappa shape index (κ2) is 13.2. The molecule has 0 saturated heterocycles. The molecule has 0 saturated carbocycles. The SMILES string of the molecule is C=C.CCCCc1ccccc1.c1ccccc1. The molecule has 2 rings (SSSR count). The molecule has 0 amide bonds. The van der Waals surface area contributed by atoms with Gasteiger partial charge in [0.05, 0.1) is 0 Å². The Bertz CT molecular complexity index is 324. The summed E-state index contributed by atoms with van der Waals surface area (Å²) in [6, 6.07) is 22.6. The van der Waals surface area contributed by atoms with Crippen LogP contribution in [0.2, 0.25) is 0 Å². The van der Waals surface area contributed by atoms with E-state index in [1.807, 2.05) is 36.4 Å². The first-order valence-electron chi connectivity index (χ1n) is 6.47. The minimum atomic E-state index is 1.23. The van der Waals surface area contributed by atoms with Crippen LogP contribution in [-0.2, 0) is 6.42 Å². The van der Waals surface area contributed by atoms with Crippen molar-refractivity contribution < 1.29 is 0 Å². The summed E-state index contributed by atoms with van der Waals surface area (Å²) in [5.41, 5.74) is 1.46. The van der Waals surface area contributed by atoms with Gasteiger partial charge in [0, 0.05) is 0 Å². The van der Waals surface area contributed by atoms with Gasteiger partial charge in [-0.15, -0.1) is 13.2 Å². The quantitative estimate of drug-likeness (QED) is 0.620. The Balaban J connectivity index is 0.000000308. The van der Waals surface area contributed by atoms with E-state index in [1.54, 1.807) is 0 Å². The highest BCUT2D eigenvalue weighted by atomic mass is 13.9. The molecule has 0 spiro atoms. The Labute approximate surface area is 112 Å². The zero-order valence-corrected chi connectivity index (χ0v) is 11.4. The molecular weight excluding hydrogens is 216 g/mol. The molecule has 0 atom stereocenters. The third-order valence-electron chi connectivity index (χ3n) is 2.33. The summed E-state index contributed by atoms with van der Waals surface area (Å²) < 4.78 is 0. The van der Waals surface area contributed by atoms with Crippen molar-refractivity contribution in [1.29, 1.82) is 0 Å². The van der Waals surface area contributed by atoms with Gasteiger partial charge in [-0.3, -0.25) is 0 Å². The topological polar surface area (TPSA) is 0 Å². The van der Waals surface area contributed by atoms with Crippen LogP contribution < -0.4 is 0 Å². The lowest BCUT2D eigenvalue weighted by atomic mass is 10.1. The van der Waals surface area contributed by atoms with Gasteiger partial charge in [-0.1, -0.05) is 80.1 Å². The van der Waals surface area contributed by atoms with Crippen LogP contribution in [0.1, 0.15) is 25.3 Å². The number of aryl methyl sites for hydroxylation is 1. The van der Waals surface area contributed by atoms with E-state index in [9.17, 15) is 0 Å². The van der Waals surface area contributed by atoms with E-state index in [4.69, 9.17) is 0 Å². The summed E-state index contributed by atoms with van der Waals surface area (Å²) in [5.74, 6) is 0. The molecule has 0 radical (unpaired) electrons. The fraction of sp³-hybridized carbons (Fsp3) is 0.222. The monoisotopic (exact) mass is 240 g/mol. The molecule has 0 heterocycles. The standard InChI is InChI=1S/C10H14.C6H6.C2H4/c1-2-3-7-10-8-5-4-6-9-10;1-2-4-6-5-3-1;1-2/h4-6,8-9H,2-3,7H2,1H3;1-6H;1-2H2. The van der Waals surface area contributed by atoms with Crippen LogP contribution in [0, 0.1) is 0 Å². The molecule has 0 N–H and O–H groups in total. The lowest BCUT2D eigenvalue weighted by molar-refractivity contribution is 0.795. The van der Waals surface area contributed by atoms with Crippen LogP contribution in [0.15, 0.2) is 79.9 Å². The molecule has 18 heavy (non-hydrogen) atoms. The first-order chi connectivity index (χ1) is 8.93. The van der Waals surface area contributed by atoms with Gasteiger partial charge >= 0.3 is 0 Å². The van der Waals surface area contributed by atoms with E-state index in [-0.39, 0.29) is 0 Å².